The third-order valence-corrected chi connectivity index (χ3v) is 2.91. The van der Waals surface area contributed by atoms with Gasteiger partial charge in [-0.05, 0) is 38.1 Å². The van der Waals surface area contributed by atoms with Crippen LogP contribution in [-0.2, 0) is 0 Å². The molecular weight excluding hydrogens is 192 g/mol. The molecule has 1 aliphatic rings. The Hall–Kier alpha value is -1.42. The minimum atomic E-state index is -0.912. The molecule has 0 saturated carbocycles. The zero-order valence-corrected chi connectivity index (χ0v) is 8.68. The Bertz CT molecular complexity index is 379. The van der Waals surface area contributed by atoms with E-state index in [9.17, 15) is 4.79 Å². The summed E-state index contributed by atoms with van der Waals surface area (Å²) in [4.78, 5) is 17.0. The summed E-state index contributed by atoms with van der Waals surface area (Å²) < 4.78 is 0. The van der Waals surface area contributed by atoms with Gasteiger partial charge in [0.15, 0.2) is 0 Å². The van der Waals surface area contributed by atoms with Gasteiger partial charge < -0.3 is 5.11 Å². The number of aromatic nitrogens is 1. The molecule has 0 bridgehead atoms. The van der Waals surface area contributed by atoms with Crippen molar-refractivity contribution >= 4 is 5.97 Å². The number of aromatic carboxylic acids is 1. The van der Waals surface area contributed by atoms with E-state index in [-0.39, 0.29) is 5.56 Å². The van der Waals surface area contributed by atoms with Gasteiger partial charge in [0, 0.05) is 18.4 Å². The highest BCUT2D eigenvalue weighted by Gasteiger charge is 2.23. The fourth-order valence-electron chi connectivity index (χ4n) is 2.09. The molecule has 0 spiro atoms. The number of carbonyl (C=O) groups is 1. The molecule has 1 unspecified atom stereocenters. The number of nitrogens with zero attached hydrogens (tertiary/aromatic N) is 2. The first-order valence-electron chi connectivity index (χ1n) is 5.07. The summed E-state index contributed by atoms with van der Waals surface area (Å²) in [6.45, 7) is 1.07. The van der Waals surface area contributed by atoms with Crippen molar-refractivity contribution in [3.05, 3.63) is 29.6 Å². The summed E-state index contributed by atoms with van der Waals surface area (Å²) in [5.74, 6) is -0.912. The largest absolute Gasteiger partial charge is 0.478 e. The second-order valence-corrected chi connectivity index (χ2v) is 3.95. The van der Waals surface area contributed by atoms with E-state index in [1.54, 1.807) is 12.3 Å². The topological polar surface area (TPSA) is 53.4 Å². The predicted molar refractivity (Wildman–Crippen MR) is 55.8 cm³/mol. The number of carboxylic acid groups (broad SMARTS) is 1. The van der Waals surface area contributed by atoms with Gasteiger partial charge in [0.1, 0.15) is 0 Å². The van der Waals surface area contributed by atoms with Gasteiger partial charge in [-0.3, -0.25) is 9.88 Å². The molecule has 1 atom stereocenters. The fraction of sp³-hybridized carbons (Fsp3) is 0.455. The highest BCUT2D eigenvalue weighted by molar-refractivity contribution is 5.87. The minimum Gasteiger partial charge on any atom is -0.478 e. The standard InChI is InChI=1S/C11H14N2O2/c1-13-4-2-3-10(13)8-5-9(11(14)15)7-12-6-8/h5-7,10H,2-4H2,1H3,(H,14,15). The van der Waals surface area contributed by atoms with E-state index in [0.717, 1.165) is 18.5 Å². The normalized spacial score (nSPS) is 21.8. The lowest BCUT2D eigenvalue weighted by atomic mass is 10.1. The molecule has 0 radical (unpaired) electrons. The van der Waals surface area contributed by atoms with Crippen molar-refractivity contribution in [2.75, 3.05) is 13.6 Å². The highest BCUT2D eigenvalue weighted by atomic mass is 16.4. The van der Waals surface area contributed by atoms with Gasteiger partial charge in [0.05, 0.1) is 5.56 Å². The highest BCUT2D eigenvalue weighted by Crippen LogP contribution is 2.29. The van der Waals surface area contributed by atoms with Crippen LogP contribution in [0.2, 0.25) is 0 Å². The molecule has 1 aromatic rings. The quantitative estimate of drug-likeness (QED) is 0.797. The Labute approximate surface area is 88.6 Å². The average Bonchev–Trinajstić information content (AvgIpc) is 2.64. The second-order valence-electron chi connectivity index (χ2n) is 3.95. The number of hydrogen-bond acceptors (Lipinski definition) is 3. The van der Waals surface area contributed by atoms with Crippen molar-refractivity contribution < 1.29 is 9.90 Å². The summed E-state index contributed by atoms with van der Waals surface area (Å²) in [5.41, 5.74) is 1.28. The maximum Gasteiger partial charge on any atom is 0.337 e. The molecule has 0 amide bonds. The van der Waals surface area contributed by atoms with E-state index in [4.69, 9.17) is 5.11 Å². The van der Waals surface area contributed by atoms with Crippen molar-refractivity contribution in [1.82, 2.24) is 9.88 Å². The smallest absolute Gasteiger partial charge is 0.337 e. The van der Waals surface area contributed by atoms with Crippen LogP contribution in [-0.4, -0.2) is 34.6 Å². The molecule has 1 aromatic heterocycles. The number of rotatable bonds is 2. The van der Waals surface area contributed by atoms with Crippen LogP contribution in [0.5, 0.6) is 0 Å². The van der Waals surface area contributed by atoms with Crippen molar-refractivity contribution in [2.24, 2.45) is 0 Å². The Kier molecular flexibility index (Phi) is 2.68. The summed E-state index contributed by atoms with van der Waals surface area (Å²) in [6.07, 6.45) is 5.40. The van der Waals surface area contributed by atoms with Crippen molar-refractivity contribution in [1.29, 1.82) is 0 Å². The number of hydrogen-bond donors (Lipinski definition) is 1. The van der Waals surface area contributed by atoms with Crippen LogP contribution in [0.25, 0.3) is 0 Å². The van der Waals surface area contributed by atoms with E-state index in [0.29, 0.717) is 6.04 Å². The van der Waals surface area contributed by atoms with E-state index in [1.807, 2.05) is 0 Å². The third-order valence-electron chi connectivity index (χ3n) is 2.91. The first-order chi connectivity index (χ1) is 7.18. The maximum absolute atomic E-state index is 10.8. The molecule has 2 heterocycles. The van der Waals surface area contributed by atoms with E-state index < -0.39 is 5.97 Å². The SMILES string of the molecule is CN1CCCC1c1cncc(C(=O)O)c1. The molecule has 80 valence electrons. The van der Waals surface area contributed by atoms with Crippen LogP contribution in [0.1, 0.15) is 34.8 Å². The third kappa shape index (κ3) is 1.99. The van der Waals surface area contributed by atoms with Gasteiger partial charge in [-0.2, -0.15) is 0 Å². The Morgan fingerprint density at radius 3 is 3.00 bits per heavy atom. The molecule has 4 nitrogen and oxygen atoms in total. The molecule has 0 aliphatic carbocycles. The molecule has 2 rings (SSSR count). The number of pyridine rings is 1. The van der Waals surface area contributed by atoms with E-state index in [2.05, 4.69) is 16.9 Å². The van der Waals surface area contributed by atoms with Gasteiger partial charge in [-0.15, -0.1) is 0 Å². The van der Waals surface area contributed by atoms with E-state index in [1.165, 1.54) is 12.6 Å². The van der Waals surface area contributed by atoms with Gasteiger partial charge in [-0.1, -0.05) is 0 Å². The lowest BCUT2D eigenvalue weighted by Crippen LogP contribution is -2.18. The first kappa shape index (κ1) is 10.1. The Morgan fingerprint density at radius 2 is 2.40 bits per heavy atom. The van der Waals surface area contributed by atoms with Crippen LogP contribution in [0.3, 0.4) is 0 Å². The zero-order valence-electron chi connectivity index (χ0n) is 8.68. The lowest BCUT2D eigenvalue weighted by Gasteiger charge is -2.19. The first-order valence-corrected chi connectivity index (χ1v) is 5.07. The van der Waals surface area contributed by atoms with Crippen LogP contribution >= 0.6 is 0 Å². The average molecular weight is 206 g/mol. The van der Waals surface area contributed by atoms with Crippen LogP contribution in [0.15, 0.2) is 18.5 Å². The van der Waals surface area contributed by atoms with Crippen LogP contribution < -0.4 is 0 Å². The summed E-state index contributed by atoms with van der Waals surface area (Å²) in [6, 6.07) is 2.05. The van der Waals surface area contributed by atoms with Gasteiger partial charge in [0.25, 0.3) is 0 Å². The summed E-state index contributed by atoms with van der Waals surface area (Å²) in [5, 5.41) is 8.86. The predicted octanol–water partition coefficient (Wildman–Crippen LogP) is 1.55. The number of carboxylic acids is 1. The van der Waals surface area contributed by atoms with Gasteiger partial charge in [-0.25, -0.2) is 4.79 Å². The monoisotopic (exact) mass is 206 g/mol. The molecule has 1 saturated heterocycles. The van der Waals surface area contributed by atoms with Crippen molar-refractivity contribution in [2.45, 2.75) is 18.9 Å². The molecule has 1 N–H and O–H groups in total. The van der Waals surface area contributed by atoms with Crippen molar-refractivity contribution in [3.63, 3.8) is 0 Å². The minimum absolute atomic E-state index is 0.271. The van der Waals surface area contributed by atoms with Crippen LogP contribution in [0.4, 0.5) is 0 Å². The number of likely N-dealkylation sites (tertiary alicyclic amines) is 1. The molecule has 1 fully saturated rings. The summed E-state index contributed by atoms with van der Waals surface area (Å²) >= 11 is 0. The lowest BCUT2D eigenvalue weighted by molar-refractivity contribution is 0.0696. The second kappa shape index (κ2) is 3.98. The Balaban J connectivity index is 2.28. The fourth-order valence-corrected chi connectivity index (χ4v) is 2.09. The van der Waals surface area contributed by atoms with Crippen molar-refractivity contribution in [3.8, 4) is 0 Å². The molecule has 0 aromatic carbocycles. The molecule has 1 aliphatic heterocycles. The van der Waals surface area contributed by atoms with E-state index >= 15 is 0 Å². The Morgan fingerprint density at radius 1 is 1.60 bits per heavy atom. The summed E-state index contributed by atoms with van der Waals surface area (Å²) in [7, 11) is 2.06. The van der Waals surface area contributed by atoms with Gasteiger partial charge >= 0.3 is 5.97 Å². The maximum atomic E-state index is 10.8. The van der Waals surface area contributed by atoms with Gasteiger partial charge in [0.2, 0.25) is 0 Å². The molecule has 15 heavy (non-hydrogen) atoms. The molecular formula is C11H14N2O2. The molecule has 4 heteroatoms. The zero-order chi connectivity index (χ0) is 10.8. The van der Waals surface area contributed by atoms with Crippen LogP contribution in [0, 0.1) is 0 Å².